The van der Waals surface area contributed by atoms with Gasteiger partial charge in [0.15, 0.2) is 0 Å². The van der Waals surface area contributed by atoms with Crippen molar-refractivity contribution in [2.75, 3.05) is 0 Å². The zero-order valence-corrected chi connectivity index (χ0v) is 12.6. The van der Waals surface area contributed by atoms with E-state index in [1.807, 2.05) is 30.3 Å². The number of nitrogens with zero attached hydrogens (tertiary/aromatic N) is 4. The molecule has 1 atom stereocenters. The summed E-state index contributed by atoms with van der Waals surface area (Å²) in [4.78, 5) is 11.1. The van der Waals surface area contributed by atoms with Crippen LogP contribution < -0.4 is 10.5 Å². The summed E-state index contributed by atoms with van der Waals surface area (Å²) in [5.74, 6) is 1.41. The number of tetrazole rings is 1. The molecule has 0 aliphatic carbocycles. The second kappa shape index (κ2) is 7.23. The van der Waals surface area contributed by atoms with E-state index >= 15 is 0 Å². The number of hydrogen-bond acceptors (Lipinski definition) is 6. The summed E-state index contributed by atoms with van der Waals surface area (Å²) in [5.41, 5.74) is 5.90. The first kappa shape index (κ1) is 15.5. The topological polar surface area (TPSA) is 105 Å². The van der Waals surface area contributed by atoms with E-state index in [2.05, 4.69) is 15.5 Å². The predicted octanol–water partition coefficient (Wildman–Crippen LogP) is 2.30. The minimum absolute atomic E-state index is 0.259. The molecule has 1 heterocycles. The van der Waals surface area contributed by atoms with Gasteiger partial charge >= 0.3 is 6.09 Å². The molecule has 8 nitrogen and oxygen atoms in total. The number of para-hydroxylation sites is 1. The number of amides is 1. The zero-order valence-electron chi connectivity index (χ0n) is 12.6. The summed E-state index contributed by atoms with van der Waals surface area (Å²) in [5, 5.41) is 10.9. The lowest BCUT2D eigenvalue weighted by Crippen LogP contribution is -2.21. The highest BCUT2D eigenvalue weighted by molar-refractivity contribution is 5.65. The van der Waals surface area contributed by atoms with Crippen LogP contribution in [0.4, 0.5) is 4.79 Å². The predicted molar refractivity (Wildman–Crippen MR) is 84.2 cm³/mol. The zero-order chi connectivity index (χ0) is 16.8. The Morgan fingerprint density at radius 3 is 2.42 bits per heavy atom. The molecule has 24 heavy (non-hydrogen) atoms. The summed E-state index contributed by atoms with van der Waals surface area (Å²) in [7, 11) is 0. The van der Waals surface area contributed by atoms with Gasteiger partial charge in [-0.2, -0.15) is 0 Å². The van der Waals surface area contributed by atoms with Crippen LogP contribution in [0.25, 0.3) is 0 Å². The fraction of sp³-hybridized carbons (Fsp3) is 0.125. The Morgan fingerprint density at radius 1 is 1.08 bits per heavy atom. The lowest BCUT2D eigenvalue weighted by Gasteiger charge is -2.17. The lowest BCUT2D eigenvalue weighted by atomic mass is 10.1. The molecule has 8 heteroatoms. The van der Waals surface area contributed by atoms with Crippen molar-refractivity contribution in [3.05, 3.63) is 66.5 Å². The first-order chi connectivity index (χ1) is 11.7. The molecule has 0 spiro atoms. The maximum atomic E-state index is 11.1. The number of ether oxygens (including phenoxy) is 2. The fourth-order valence-corrected chi connectivity index (χ4v) is 2.16. The molecule has 3 rings (SSSR count). The third kappa shape index (κ3) is 4.07. The molecule has 0 bridgehead atoms. The lowest BCUT2D eigenvalue weighted by molar-refractivity contribution is 0.0929. The van der Waals surface area contributed by atoms with E-state index in [9.17, 15) is 4.79 Å². The van der Waals surface area contributed by atoms with E-state index in [1.54, 1.807) is 24.3 Å². The Kier molecular flexibility index (Phi) is 4.66. The van der Waals surface area contributed by atoms with E-state index < -0.39 is 12.2 Å². The van der Waals surface area contributed by atoms with Crippen molar-refractivity contribution in [1.82, 2.24) is 20.2 Å². The number of carbonyl (C=O) groups is 1. The van der Waals surface area contributed by atoms with E-state index in [4.69, 9.17) is 15.2 Å². The van der Waals surface area contributed by atoms with Crippen molar-refractivity contribution in [3.63, 3.8) is 0 Å². The third-order valence-electron chi connectivity index (χ3n) is 3.23. The smallest absolute Gasteiger partial charge is 0.405 e. The van der Waals surface area contributed by atoms with Crippen LogP contribution >= 0.6 is 0 Å². The van der Waals surface area contributed by atoms with Gasteiger partial charge in [0.25, 0.3) is 0 Å². The van der Waals surface area contributed by atoms with Gasteiger partial charge in [-0.3, -0.25) is 0 Å². The minimum atomic E-state index is -0.863. The van der Waals surface area contributed by atoms with E-state index in [0.717, 1.165) is 11.3 Å². The Labute approximate surface area is 137 Å². The summed E-state index contributed by atoms with van der Waals surface area (Å²) in [6.45, 7) is 0.259. The van der Waals surface area contributed by atoms with E-state index in [0.29, 0.717) is 5.75 Å². The molecule has 2 N–H and O–H groups in total. The van der Waals surface area contributed by atoms with Crippen molar-refractivity contribution in [2.45, 2.75) is 12.6 Å². The standard InChI is InChI=1S/C16H15N5O3/c17-16(22)24-15(10-21-11-18-19-20-21)12-6-8-14(9-7-12)23-13-4-2-1-3-5-13/h1-9,11,15H,10H2,(H2,17,22). The molecule has 0 aliphatic heterocycles. The van der Waals surface area contributed by atoms with E-state index in [1.165, 1.54) is 11.0 Å². The van der Waals surface area contributed by atoms with Crippen molar-refractivity contribution in [1.29, 1.82) is 0 Å². The molecule has 0 radical (unpaired) electrons. The summed E-state index contributed by atoms with van der Waals surface area (Å²) in [6, 6.07) is 16.6. The van der Waals surface area contributed by atoms with Gasteiger partial charge in [-0.1, -0.05) is 30.3 Å². The monoisotopic (exact) mass is 325 g/mol. The summed E-state index contributed by atoms with van der Waals surface area (Å²) in [6.07, 6.45) is -0.0287. The van der Waals surface area contributed by atoms with Crippen LogP contribution in [0.5, 0.6) is 11.5 Å². The largest absolute Gasteiger partial charge is 0.457 e. The van der Waals surface area contributed by atoms with Crippen LogP contribution in [0.3, 0.4) is 0 Å². The Bertz CT molecular complexity index is 775. The molecular formula is C16H15N5O3. The SMILES string of the molecule is NC(=O)OC(Cn1cnnn1)c1ccc(Oc2ccccc2)cc1. The van der Waals surface area contributed by atoms with Gasteiger partial charge in [0.05, 0.1) is 6.54 Å². The second-order valence-corrected chi connectivity index (χ2v) is 4.94. The maximum Gasteiger partial charge on any atom is 0.405 e. The van der Waals surface area contributed by atoms with Gasteiger partial charge in [-0.25, -0.2) is 9.48 Å². The number of hydrogen-bond donors (Lipinski definition) is 1. The van der Waals surface area contributed by atoms with Gasteiger partial charge in [0, 0.05) is 0 Å². The molecule has 1 aromatic heterocycles. The second-order valence-electron chi connectivity index (χ2n) is 4.94. The molecule has 122 valence electrons. The van der Waals surface area contributed by atoms with Crippen LogP contribution in [0.1, 0.15) is 11.7 Å². The molecule has 3 aromatic rings. The quantitative estimate of drug-likeness (QED) is 0.745. The molecule has 0 fully saturated rings. The molecule has 2 aromatic carbocycles. The number of rotatable bonds is 6. The van der Waals surface area contributed by atoms with Crippen LogP contribution in [0, 0.1) is 0 Å². The highest BCUT2D eigenvalue weighted by Gasteiger charge is 2.17. The first-order valence-corrected chi connectivity index (χ1v) is 7.20. The van der Waals surface area contributed by atoms with Crippen LogP contribution in [-0.4, -0.2) is 26.3 Å². The highest BCUT2D eigenvalue weighted by Crippen LogP contribution is 2.25. The molecule has 1 amide bonds. The molecule has 1 unspecified atom stereocenters. The maximum absolute atomic E-state index is 11.1. The van der Waals surface area contributed by atoms with Crippen molar-refractivity contribution in [3.8, 4) is 11.5 Å². The van der Waals surface area contributed by atoms with Crippen LogP contribution in [-0.2, 0) is 11.3 Å². The highest BCUT2D eigenvalue weighted by atomic mass is 16.6. The first-order valence-electron chi connectivity index (χ1n) is 7.20. The molecule has 0 saturated carbocycles. The summed E-state index contributed by atoms with van der Waals surface area (Å²) >= 11 is 0. The molecule has 0 saturated heterocycles. The number of benzene rings is 2. The fourth-order valence-electron chi connectivity index (χ4n) is 2.16. The minimum Gasteiger partial charge on any atom is -0.457 e. The van der Waals surface area contributed by atoms with Gasteiger partial charge in [-0.05, 0) is 40.3 Å². The normalized spacial score (nSPS) is 11.7. The Balaban J connectivity index is 1.74. The third-order valence-corrected chi connectivity index (χ3v) is 3.23. The van der Waals surface area contributed by atoms with Gasteiger partial charge < -0.3 is 15.2 Å². The molecular weight excluding hydrogens is 310 g/mol. The van der Waals surface area contributed by atoms with Gasteiger partial charge in [0.2, 0.25) is 0 Å². The van der Waals surface area contributed by atoms with Crippen LogP contribution in [0.2, 0.25) is 0 Å². The van der Waals surface area contributed by atoms with Crippen molar-refractivity contribution >= 4 is 6.09 Å². The van der Waals surface area contributed by atoms with E-state index in [-0.39, 0.29) is 6.54 Å². The van der Waals surface area contributed by atoms with Crippen molar-refractivity contribution in [2.24, 2.45) is 5.73 Å². The van der Waals surface area contributed by atoms with Crippen molar-refractivity contribution < 1.29 is 14.3 Å². The number of aromatic nitrogens is 4. The van der Waals surface area contributed by atoms with Gasteiger partial charge in [0.1, 0.15) is 23.9 Å². The average molecular weight is 325 g/mol. The number of carbonyl (C=O) groups excluding carboxylic acids is 1. The molecule has 0 aliphatic rings. The number of nitrogens with two attached hydrogens (primary N) is 1. The Hall–Kier alpha value is -3.42. The van der Waals surface area contributed by atoms with Gasteiger partial charge in [-0.15, -0.1) is 5.10 Å². The number of primary amides is 1. The summed E-state index contributed by atoms with van der Waals surface area (Å²) < 4.78 is 12.3. The van der Waals surface area contributed by atoms with Crippen LogP contribution in [0.15, 0.2) is 60.9 Å². The average Bonchev–Trinajstić information content (AvgIpc) is 3.09. The Morgan fingerprint density at radius 2 is 1.79 bits per heavy atom.